The summed E-state index contributed by atoms with van der Waals surface area (Å²) in [6.07, 6.45) is 1.82. The van der Waals surface area contributed by atoms with Crippen molar-refractivity contribution in [2.75, 3.05) is 7.05 Å². The van der Waals surface area contributed by atoms with Crippen molar-refractivity contribution in [1.82, 2.24) is 10.3 Å². The first-order valence-electron chi connectivity index (χ1n) is 4.64. The van der Waals surface area contributed by atoms with Gasteiger partial charge in [0.1, 0.15) is 0 Å². The van der Waals surface area contributed by atoms with Gasteiger partial charge in [0.25, 0.3) is 0 Å². The molecule has 0 bridgehead atoms. The van der Waals surface area contributed by atoms with Crippen LogP contribution in [0.4, 0.5) is 0 Å². The molecule has 1 N–H and O–H groups in total. The quantitative estimate of drug-likeness (QED) is 0.935. The second-order valence-corrected chi connectivity index (χ2v) is 4.94. The SMILES string of the molecule is CNC(c1cccs1)c1ncccc1Br. The Morgan fingerprint density at radius 1 is 1.40 bits per heavy atom. The number of pyridine rings is 1. The van der Waals surface area contributed by atoms with Crippen molar-refractivity contribution in [1.29, 1.82) is 0 Å². The smallest absolute Gasteiger partial charge is 0.0854 e. The van der Waals surface area contributed by atoms with E-state index in [2.05, 4.69) is 43.7 Å². The number of thiophene rings is 1. The summed E-state index contributed by atoms with van der Waals surface area (Å²) < 4.78 is 1.04. The Labute approximate surface area is 101 Å². The van der Waals surface area contributed by atoms with Crippen LogP contribution >= 0.6 is 27.3 Å². The topological polar surface area (TPSA) is 24.9 Å². The number of rotatable bonds is 3. The highest BCUT2D eigenvalue weighted by Crippen LogP contribution is 2.28. The van der Waals surface area contributed by atoms with Gasteiger partial charge in [0.2, 0.25) is 0 Å². The molecule has 0 aliphatic carbocycles. The molecule has 1 unspecified atom stereocenters. The molecule has 0 saturated carbocycles. The van der Waals surface area contributed by atoms with Gasteiger partial charge >= 0.3 is 0 Å². The van der Waals surface area contributed by atoms with E-state index in [-0.39, 0.29) is 6.04 Å². The maximum absolute atomic E-state index is 4.40. The van der Waals surface area contributed by atoms with E-state index >= 15 is 0 Å². The fourth-order valence-electron chi connectivity index (χ4n) is 1.48. The van der Waals surface area contributed by atoms with Crippen LogP contribution in [-0.2, 0) is 0 Å². The molecule has 2 heterocycles. The van der Waals surface area contributed by atoms with Crippen molar-refractivity contribution in [2.45, 2.75) is 6.04 Å². The van der Waals surface area contributed by atoms with Crippen LogP contribution in [0.3, 0.4) is 0 Å². The highest BCUT2D eigenvalue weighted by Gasteiger charge is 2.16. The number of aromatic nitrogens is 1. The van der Waals surface area contributed by atoms with Crippen molar-refractivity contribution >= 4 is 27.3 Å². The van der Waals surface area contributed by atoms with Crippen LogP contribution in [0, 0.1) is 0 Å². The largest absolute Gasteiger partial charge is 0.307 e. The molecule has 0 fully saturated rings. The fraction of sp³-hybridized carbons (Fsp3) is 0.182. The lowest BCUT2D eigenvalue weighted by Crippen LogP contribution is -2.18. The van der Waals surface area contributed by atoms with E-state index < -0.39 is 0 Å². The molecule has 0 radical (unpaired) electrons. The zero-order valence-electron chi connectivity index (χ0n) is 8.27. The van der Waals surface area contributed by atoms with Gasteiger partial charge in [-0.25, -0.2) is 0 Å². The van der Waals surface area contributed by atoms with Crippen LogP contribution < -0.4 is 5.32 Å². The monoisotopic (exact) mass is 282 g/mol. The second-order valence-electron chi connectivity index (χ2n) is 3.11. The van der Waals surface area contributed by atoms with Crippen molar-refractivity contribution in [3.8, 4) is 0 Å². The fourth-order valence-corrected chi connectivity index (χ4v) is 2.80. The third kappa shape index (κ3) is 2.27. The lowest BCUT2D eigenvalue weighted by molar-refractivity contribution is 0.679. The summed E-state index contributed by atoms with van der Waals surface area (Å²) >= 11 is 5.26. The van der Waals surface area contributed by atoms with Gasteiger partial charge in [-0.15, -0.1) is 11.3 Å². The Balaban J connectivity index is 2.40. The first-order chi connectivity index (χ1) is 7.33. The second kappa shape index (κ2) is 4.88. The molecule has 0 amide bonds. The highest BCUT2D eigenvalue weighted by atomic mass is 79.9. The van der Waals surface area contributed by atoms with Crippen molar-refractivity contribution in [2.24, 2.45) is 0 Å². The van der Waals surface area contributed by atoms with Gasteiger partial charge < -0.3 is 5.32 Å². The van der Waals surface area contributed by atoms with Gasteiger partial charge in [-0.2, -0.15) is 0 Å². The van der Waals surface area contributed by atoms with E-state index in [0.29, 0.717) is 0 Å². The number of nitrogens with one attached hydrogen (secondary N) is 1. The predicted octanol–water partition coefficient (Wildman–Crippen LogP) is 3.21. The van der Waals surface area contributed by atoms with Gasteiger partial charge in [-0.1, -0.05) is 6.07 Å². The minimum absolute atomic E-state index is 0.167. The van der Waals surface area contributed by atoms with E-state index in [9.17, 15) is 0 Å². The third-order valence-electron chi connectivity index (χ3n) is 2.18. The molecule has 2 nitrogen and oxygen atoms in total. The molecule has 0 aromatic carbocycles. The number of halogens is 1. The molecule has 2 aromatic heterocycles. The Bertz CT molecular complexity index is 428. The van der Waals surface area contributed by atoms with Gasteiger partial charge in [0, 0.05) is 15.5 Å². The molecule has 0 saturated heterocycles. The molecule has 0 spiro atoms. The molecule has 4 heteroatoms. The van der Waals surface area contributed by atoms with Crippen molar-refractivity contribution in [3.05, 3.63) is 50.9 Å². The molecule has 2 rings (SSSR count). The average Bonchev–Trinajstić information content (AvgIpc) is 2.75. The predicted molar refractivity (Wildman–Crippen MR) is 67.2 cm³/mol. The number of hydrogen-bond donors (Lipinski definition) is 1. The molecule has 0 aliphatic rings. The van der Waals surface area contributed by atoms with Gasteiger partial charge in [-0.3, -0.25) is 4.98 Å². The molecule has 0 aliphatic heterocycles. The molecular weight excluding hydrogens is 272 g/mol. The Morgan fingerprint density at radius 3 is 2.87 bits per heavy atom. The lowest BCUT2D eigenvalue weighted by atomic mass is 10.1. The van der Waals surface area contributed by atoms with E-state index in [1.807, 2.05) is 25.4 Å². The van der Waals surface area contributed by atoms with Crippen LogP contribution in [0.5, 0.6) is 0 Å². The molecular formula is C11H11BrN2S. The van der Waals surface area contributed by atoms with Crippen LogP contribution in [-0.4, -0.2) is 12.0 Å². The Kier molecular flexibility index (Phi) is 3.51. The first-order valence-corrected chi connectivity index (χ1v) is 6.31. The summed E-state index contributed by atoms with van der Waals surface area (Å²) in [6, 6.07) is 8.28. The van der Waals surface area contributed by atoms with Crippen molar-refractivity contribution in [3.63, 3.8) is 0 Å². The Morgan fingerprint density at radius 2 is 2.27 bits per heavy atom. The summed E-state index contributed by atoms with van der Waals surface area (Å²) in [6.45, 7) is 0. The van der Waals surface area contributed by atoms with Gasteiger partial charge in [-0.05, 0) is 46.6 Å². The van der Waals surface area contributed by atoms with E-state index in [1.165, 1.54) is 4.88 Å². The zero-order valence-corrected chi connectivity index (χ0v) is 10.7. The summed E-state index contributed by atoms with van der Waals surface area (Å²) in [4.78, 5) is 5.68. The lowest BCUT2D eigenvalue weighted by Gasteiger charge is -2.15. The summed E-state index contributed by atoms with van der Waals surface area (Å²) in [7, 11) is 1.95. The summed E-state index contributed by atoms with van der Waals surface area (Å²) in [5.74, 6) is 0. The molecule has 2 aromatic rings. The van der Waals surface area contributed by atoms with Crippen LogP contribution in [0.1, 0.15) is 16.6 Å². The average molecular weight is 283 g/mol. The minimum atomic E-state index is 0.167. The van der Waals surface area contributed by atoms with Gasteiger partial charge in [0.15, 0.2) is 0 Å². The van der Waals surface area contributed by atoms with Gasteiger partial charge in [0.05, 0.1) is 11.7 Å². The molecule has 78 valence electrons. The number of nitrogens with zero attached hydrogens (tertiary/aromatic N) is 1. The standard InChI is InChI=1S/C11H11BrN2S/c1-13-11(9-5-3-7-15-9)10-8(12)4-2-6-14-10/h2-7,11,13H,1H3. The van der Waals surface area contributed by atoms with E-state index in [1.54, 1.807) is 11.3 Å². The number of hydrogen-bond acceptors (Lipinski definition) is 3. The zero-order chi connectivity index (χ0) is 10.7. The van der Waals surface area contributed by atoms with E-state index in [0.717, 1.165) is 10.2 Å². The minimum Gasteiger partial charge on any atom is -0.307 e. The first kappa shape index (κ1) is 10.8. The normalized spacial score (nSPS) is 12.7. The molecule has 1 atom stereocenters. The summed E-state index contributed by atoms with van der Waals surface area (Å²) in [5.41, 5.74) is 1.03. The maximum atomic E-state index is 4.40. The van der Waals surface area contributed by atoms with Crippen LogP contribution in [0.25, 0.3) is 0 Å². The maximum Gasteiger partial charge on any atom is 0.0854 e. The highest BCUT2D eigenvalue weighted by molar-refractivity contribution is 9.10. The van der Waals surface area contributed by atoms with Crippen LogP contribution in [0.2, 0.25) is 0 Å². The third-order valence-corrected chi connectivity index (χ3v) is 3.78. The van der Waals surface area contributed by atoms with E-state index in [4.69, 9.17) is 0 Å². The van der Waals surface area contributed by atoms with Crippen LogP contribution in [0.15, 0.2) is 40.3 Å². The molecule has 15 heavy (non-hydrogen) atoms. The summed E-state index contributed by atoms with van der Waals surface area (Å²) in [5, 5.41) is 5.36. The Hall–Kier alpha value is -0.710. The van der Waals surface area contributed by atoms with Crippen molar-refractivity contribution < 1.29 is 0 Å².